The number of hydrogen-bond acceptors (Lipinski definition) is 7. The van der Waals surface area contributed by atoms with Crippen LogP contribution in [0, 0.1) is 10.1 Å². The number of carbonyl (C=O) groups is 3. The van der Waals surface area contributed by atoms with Crippen LogP contribution in [0.15, 0.2) is 48.5 Å². The van der Waals surface area contributed by atoms with Gasteiger partial charge in [-0.15, -0.1) is 0 Å². The van der Waals surface area contributed by atoms with E-state index in [0.717, 1.165) is 12.8 Å². The number of non-ortho nitro benzene ring substituents is 1. The van der Waals surface area contributed by atoms with Gasteiger partial charge in [-0.25, -0.2) is 4.79 Å². The number of hydrogen-bond donors (Lipinski definition) is 2. The first-order chi connectivity index (χ1) is 14.4. The molecule has 0 aliphatic heterocycles. The first-order valence-corrected chi connectivity index (χ1v) is 9.14. The fraction of sp³-hybridized carbons (Fsp3) is 0.250. The minimum absolute atomic E-state index is 0.110. The van der Waals surface area contributed by atoms with Crippen LogP contribution in [0.5, 0.6) is 5.75 Å². The third kappa shape index (κ3) is 6.89. The number of nitro groups is 1. The first kappa shape index (κ1) is 22.3. The minimum atomic E-state index is -0.752. The number of amides is 2. The van der Waals surface area contributed by atoms with E-state index in [0.29, 0.717) is 12.4 Å². The summed E-state index contributed by atoms with van der Waals surface area (Å²) in [4.78, 5) is 45.6. The number of nitro benzene ring substituents is 1. The zero-order chi connectivity index (χ0) is 21.9. The summed E-state index contributed by atoms with van der Waals surface area (Å²) in [6.45, 7) is 2.04. The van der Waals surface area contributed by atoms with Crippen molar-refractivity contribution in [2.75, 3.05) is 13.2 Å². The maximum Gasteiger partial charge on any atom is 0.338 e. The van der Waals surface area contributed by atoms with Gasteiger partial charge in [0.05, 0.1) is 17.1 Å². The molecule has 0 aliphatic carbocycles. The van der Waals surface area contributed by atoms with Gasteiger partial charge in [-0.3, -0.25) is 30.6 Å². The molecule has 0 aliphatic rings. The topological polar surface area (TPSA) is 137 Å². The third-order valence-electron chi connectivity index (χ3n) is 3.85. The zero-order valence-electron chi connectivity index (χ0n) is 16.3. The molecule has 0 aromatic heterocycles. The van der Waals surface area contributed by atoms with E-state index in [1.807, 2.05) is 0 Å². The Morgan fingerprint density at radius 3 is 2.20 bits per heavy atom. The summed E-state index contributed by atoms with van der Waals surface area (Å²) in [5.41, 5.74) is 4.42. The van der Waals surface area contributed by atoms with Gasteiger partial charge in [-0.05, 0) is 42.8 Å². The Morgan fingerprint density at radius 1 is 0.967 bits per heavy atom. The molecule has 0 atom stereocenters. The largest absolute Gasteiger partial charge is 0.494 e. The Hall–Kier alpha value is -3.95. The van der Waals surface area contributed by atoms with Crippen LogP contribution in [0.1, 0.15) is 40.5 Å². The molecule has 2 rings (SSSR count). The monoisotopic (exact) mass is 415 g/mol. The Labute approximate surface area is 172 Å². The van der Waals surface area contributed by atoms with E-state index in [1.165, 1.54) is 36.4 Å². The van der Waals surface area contributed by atoms with Crippen LogP contribution in [-0.4, -0.2) is 35.9 Å². The van der Waals surface area contributed by atoms with Gasteiger partial charge < -0.3 is 9.47 Å². The fourth-order valence-electron chi connectivity index (χ4n) is 2.21. The van der Waals surface area contributed by atoms with Crippen molar-refractivity contribution in [2.45, 2.75) is 19.8 Å². The number of rotatable bonds is 9. The van der Waals surface area contributed by atoms with Gasteiger partial charge in [-0.1, -0.05) is 13.3 Å². The van der Waals surface area contributed by atoms with E-state index in [9.17, 15) is 24.5 Å². The SMILES string of the molecule is CCCCOc1ccc(C(=O)OCC(=O)NNC(=O)c2ccc([N+](=O)[O-])cc2)cc1. The molecular formula is C20H21N3O7. The lowest BCUT2D eigenvalue weighted by Gasteiger charge is -2.09. The Balaban J connectivity index is 1.75. The molecule has 30 heavy (non-hydrogen) atoms. The minimum Gasteiger partial charge on any atom is -0.494 e. The number of esters is 1. The summed E-state index contributed by atoms with van der Waals surface area (Å²) in [6, 6.07) is 11.1. The number of hydrazine groups is 1. The maximum absolute atomic E-state index is 12.0. The standard InChI is InChI=1S/C20H21N3O7/c1-2-3-12-29-17-10-6-15(7-11-17)20(26)30-13-18(24)21-22-19(25)14-4-8-16(9-5-14)23(27)28/h4-11H,2-3,12-13H2,1H3,(H,21,24)(H,22,25). The molecule has 0 saturated carbocycles. The average molecular weight is 415 g/mol. The summed E-state index contributed by atoms with van der Waals surface area (Å²) in [5, 5.41) is 10.6. The number of benzene rings is 2. The average Bonchev–Trinajstić information content (AvgIpc) is 2.76. The van der Waals surface area contributed by atoms with Crippen molar-refractivity contribution >= 4 is 23.5 Å². The molecule has 0 bridgehead atoms. The molecule has 10 heteroatoms. The molecule has 2 amide bonds. The lowest BCUT2D eigenvalue weighted by molar-refractivity contribution is -0.384. The van der Waals surface area contributed by atoms with Crippen molar-refractivity contribution in [1.29, 1.82) is 0 Å². The molecule has 2 aromatic carbocycles. The fourth-order valence-corrected chi connectivity index (χ4v) is 2.21. The number of nitrogens with one attached hydrogen (secondary N) is 2. The van der Waals surface area contributed by atoms with Gasteiger partial charge >= 0.3 is 5.97 Å². The number of nitrogens with zero attached hydrogens (tertiary/aromatic N) is 1. The van der Waals surface area contributed by atoms with Crippen molar-refractivity contribution in [3.05, 3.63) is 69.8 Å². The van der Waals surface area contributed by atoms with Gasteiger partial charge in [-0.2, -0.15) is 0 Å². The Kier molecular flexibility index (Phi) is 8.30. The molecule has 10 nitrogen and oxygen atoms in total. The molecular weight excluding hydrogens is 394 g/mol. The van der Waals surface area contributed by atoms with Gasteiger partial charge in [0.15, 0.2) is 6.61 Å². The van der Waals surface area contributed by atoms with Crippen molar-refractivity contribution in [3.63, 3.8) is 0 Å². The van der Waals surface area contributed by atoms with Crippen molar-refractivity contribution in [2.24, 2.45) is 0 Å². The van der Waals surface area contributed by atoms with Crippen LogP contribution in [0.2, 0.25) is 0 Å². The molecule has 2 aromatic rings. The van der Waals surface area contributed by atoms with Crippen molar-refractivity contribution in [3.8, 4) is 5.75 Å². The number of unbranched alkanes of at least 4 members (excludes halogenated alkanes) is 1. The molecule has 158 valence electrons. The second-order valence-electron chi connectivity index (χ2n) is 6.11. The summed E-state index contributed by atoms with van der Waals surface area (Å²) < 4.78 is 10.4. The van der Waals surface area contributed by atoms with E-state index in [2.05, 4.69) is 17.8 Å². The summed E-state index contributed by atoms with van der Waals surface area (Å²) >= 11 is 0. The van der Waals surface area contributed by atoms with Crippen LogP contribution in [0.25, 0.3) is 0 Å². The second-order valence-corrected chi connectivity index (χ2v) is 6.11. The second kappa shape index (κ2) is 11.1. The van der Waals surface area contributed by atoms with E-state index >= 15 is 0 Å². The van der Waals surface area contributed by atoms with E-state index in [4.69, 9.17) is 9.47 Å². The van der Waals surface area contributed by atoms with E-state index in [1.54, 1.807) is 12.1 Å². The number of ether oxygens (including phenoxy) is 2. The van der Waals surface area contributed by atoms with Gasteiger partial charge in [0.2, 0.25) is 0 Å². The van der Waals surface area contributed by atoms with E-state index in [-0.39, 0.29) is 16.8 Å². The molecule has 0 fully saturated rings. The van der Waals surface area contributed by atoms with E-state index < -0.39 is 29.3 Å². The highest BCUT2D eigenvalue weighted by molar-refractivity contribution is 5.96. The lowest BCUT2D eigenvalue weighted by atomic mass is 10.2. The molecule has 0 unspecified atom stereocenters. The van der Waals surface area contributed by atoms with Crippen LogP contribution in [0.3, 0.4) is 0 Å². The van der Waals surface area contributed by atoms with Gasteiger partial charge in [0, 0.05) is 17.7 Å². The Morgan fingerprint density at radius 2 is 1.60 bits per heavy atom. The van der Waals surface area contributed by atoms with Crippen LogP contribution in [0.4, 0.5) is 5.69 Å². The third-order valence-corrected chi connectivity index (χ3v) is 3.85. The summed E-state index contributed by atoms with van der Waals surface area (Å²) in [6.07, 6.45) is 1.94. The first-order valence-electron chi connectivity index (χ1n) is 9.14. The van der Waals surface area contributed by atoms with Gasteiger partial charge in [0.1, 0.15) is 5.75 Å². The van der Waals surface area contributed by atoms with Crippen molar-refractivity contribution < 1.29 is 28.8 Å². The van der Waals surface area contributed by atoms with Crippen molar-refractivity contribution in [1.82, 2.24) is 10.9 Å². The molecule has 0 saturated heterocycles. The highest BCUT2D eigenvalue weighted by Gasteiger charge is 2.13. The Bertz CT molecular complexity index is 896. The van der Waals surface area contributed by atoms with Crippen LogP contribution >= 0.6 is 0 Å². The molecule has 2 N–H and O–H groups in total. The highest BCUT2D eigenvalue weighted by Crippen LogP contribution is 2.14. The maximum atomic E-state index is 12.0. The summed E-state index contributed by atoms with van der Waals surface area (Å²) in [5.74, 6) is -1.50. The number of carbonyl (C=O) groups excluding carboxylic acids is 3. The van der Waals surface area contributed by atoms with Gasteiger partial charge in [0.25, 0.3) is 17.5 Å². The molecule has 0 heterocycles. The molecule has 0 radical (unpaired) electrons. The predicted molar refractivity (Wildman–Crippen MR) is 106 cm³/mol. The predicted octanol–water partition coefficient (Wildman–Crippen LogP) is 2.39. The quantitative estimate of drug-likeness (QED) is 0.278. The molecule has 0 spiro atoms. The normalized spacial score (nSPS) is 10.0. The zero-order valence-corrected chi connectivity index (χ0v) is 16.3. The smallest absolute Gasteiger partial charge is 0.338 e. The highest BCUT2D eigenvalue weighted by atomic mass is 16.6. The lowest BCUT2D eigenvalue weighted by Crippen LogP contribution is -2.43. The summed E-state index contributed by atoms with van der Waals surface area (Å²) in [7, 11) is 0. The van der Waals surface area contributed by atoms with Crippen LogP contribution in [-0.2, 0) is 9.53 Å². The van der Waals surface area contributed by atoms with Crippen LogP contribution < -0.4 is 15.6 Å².